The Balaban J connectivity index is 2.43. The van der Waals surface area contributed by atoms with Crippen LogP contribution >= 0.6 is 11.3 Å². The fourth-order valence-electron chi connectivity index (χ4n) is 1.01. The zero-order valence-corrected chi connectivity index (χ0v) is 9.75. The van der Waals surface area contributed by atoms with Gasteiger partial charge in [-0.15, -0.1) is 11.3 Å². The van der Waals surface area contributed by atoms with E-state index in [9.17, 15) is 9.59 Å². The van der Waals surface area contributed by atoms with Crippen LogP contribution in [0, 0.1) is 0 Å². The van der Waals surface area contributed by atoms with Crippen LogP contribution in [0.2, 0.25) is 0 Å². The van der Waals surface area contributed by atoms with Crippen LogP contribution in [-0.2, 0) is 4.79 Å². The van der Waals surface area contributed by atoms with Crippen molar-refractivity contribution in [2.75, 3.05) is 0 Å². The van der Waals surface area contributed by atoms with E-state index in [1.165, 1.54) is 18.3 Å². The molecule has 0 aliphatic rings. The van der Waals surface area contributed by atoms with Crippen LogP contribution in [-0.4, -0.2) is 28.1 Å². The van der Waals surface area contributed by atoms with Crippen LogP contribution in [0.25, 0.3) is 0 Å². The van der Waals surface area contributed by atoms with Crippen molar-refractivity contribution in [2.45, 2.75) is 25.9 Å². The highest BCUT2D eigenvalue weighted by Crippen LogP contribution is 2.14. The Kier molecular flexibility index (Phi) is 4.24. The first kappa shape index (κ1) is 12.4. The van der Waals surface area contributed by atoms with Gasteiger partial charge < -0.3 is 15.7 Å². The molecule has 0 radical (unpaired) electrons. The number of aromatic nitrogens is 1. The van der Waals surface area contributed by atoms with Crippen molar-refractivity contribution in [1.29, 1.82) is 0 Å². The molecule has 7 heteroatoms. The van der Waals surface area contributed by atoms with E-state index in [-0.39, 0.29) is 6.04 Å². The number of hydrogen-bond donors (Lipinski definition) is 3. The number of carboxylic acid groups (broad SMARTS) is 1. The molecule has 1 heterocycles. The molecule has 2 amide bonds. The summed E-state index contributed by atoms with van der Waals surface area (Å²) in [5, 5.41) is 16.1. The van der Waals surface area contributed by atoms with E-state index in [1.54, 1.807) is 13.1 Å². The summed E-state index contributed by atoms with van der Waals surface area (Å²) in [4.78, 5) is 25.9. The summed E-state index contributed by atoms with van der Waals surface area (Å²) in [7, 11) is 0. The van der Waals surface area contributed by atoms with Gasteiger partial charge in [0.25, 0.3) is 0 Å². The van der Waals surface area contributed by atoms with Crippen LogP contribution < -0.4 is 10.6 Å². The Morgan fingerprint density at radius 2 is 2.12 bits per heavy atom. The number of aliphatic carboxylic acids is 1. The number of carbonyl (C=O) groups is 2. The maximum absolute atomic E-state index is 11.4. The molecule has 1 aromatic heterocycles. The molecule has 0 saturated heterocycles. The Bertz CT molecular complexity index is 366. The third kappa shape index (κ3) is 3.50. The van der Waals surface area contributed by atoms with Gasteiger partial charge in [-0.25, -0.2) is 9.78 Å². The molecule has 1 unspecified atom stereocenters. The molecule has 0 aliphatic heterocycles. The van der Waals surface area contributed by atoms with Crippen LogP contribution in [0.15, 0.2) is 11.6 Å². The van der Waals surface area contributed by atoms with E-state index in [1.807, 2.05) is 5.38 Å². The average molecular weight is 243 g/mol. The van der Waals surface area contributed by atoms with Gasteiger partial charge in [0.15, 0.2) is 0 Å². The lowest BCUT2D eigenvalue weighted by molar-refractivity contribution is -0.138. The van der Waals surface area contributed by atoms with Crippen LogP contribution in [0.5, 0.6) is 0 Å². The number of urea groups is 1. The molecular weight excluding hydrogens is 230 g/mol. The number of nitrogens with zero attached hydrogens (tertiary/aromatic N) is 1. The number of nitrogens with one attached hydrogen (secondary N) is 2. The number of carbonyl (C=O) groups excluding carboxylic acids is 1. The zero-order chi connectivity index (χ0) is 12.1. The minimum Gasteiger partial charge on any atom is -0.480 e. The largest absolute Gasteiger partial charge is 0.480 e. The van der Waals surface area contributed by atoms with Crippen molar-refractivity contribution in [3.8, 4) is 0 Å². The van der Waals surface area contributed by atoms with E-state index in [0.29, 0.717) is 0 Å². The monoisotopic (exact) mass is 243 g/mol. The SMILES string of the molecule is CC(NC(=O)N[C@H](C)C(=O)O)c1nccs1. The van der Waals surface area contributed by atoms with Crippen molar-refractivity contribution in [2.24, 2.45) is 0 Å². The van der Waals surface area contributed by atoms with Crippen LogP contribution in [0.4, 0.5) is 4.79 Å². The predicted molar refractivity (Wildman–Crippen MR) is 59.3 cm³/mol. The normalized spacial score (nSPS) is 13.9. The molecule has 1 rings (SSSR count). The number of rotatable bonds is 4. The van der Waals surface area contributed by atoms with E-state index in [2.05, 4.69) is 15.6 Å². The first-order chi connectivity index (χ1) is 7.50. The van der Waals surface area contributed by atoms with Gasteiger partial charge in [-0.1, -0.05) is 0 Å². The smallest absolute Gasteiger partial charge is 0.325 e. The quantitative estimate of drug-likeness (QED) is 0.735. The van der Waals surface area contributed by atoms with E-state index in [4.69, 9.17) is 5.11 Å². The van der Waals surface area contributed by atoms with E-state index >= 15 is 0 Å². The molecule has 3 N–H and O–H groups in total. The predicted octanol–water partition coefficient (Wildman–Crippen LogP) is 0.976. The molecule has 0 spiro atoms. The van der Waals surface area contributed by atoms with Gasteiger partial charge >= 0.3 is 12.0 Å². The highest BCUT2D eigenvalue weighted by Gasteiger charge is 2.16. The summed E-state index contributed by atoms with van der Waals surface area (Å²) < 4.78 is 0. The third-order valence-electron chi connectivity index (χ3n) is 1.89. The van der Waals surface area contributed by atoms with Crippen molar-refractivity contribution in [3.05, 3.63) is 16.6 Å². The summed E-state index contributed by atoms with van der Waals surface area (Å²) in [6.07, 6.45) is 1.65. The third-order valence-corrected chi connectivity index (χ3v) is 2.85. The van der Waals surface area contributed by atoms with Crippen LogP contribution in [0.1, 0.15) is 24.9 Å². The second-order valence-corrected chi connectivity index (χ2v) is 4.20. The lowest BCUT2D eigenvalue weighted by Crippen LogP contribution is -2.45. The zero-order valence-electron chi connectivity index (χ0n) is 8.93. The number of thiazole rings is 1. The maximum Gasteiger partial charge on any atom is 0.325 e. The molecular formula is C9H13N3O3S. The molecule has 0 aliphatic carbocycles. The fourth-order valence-corrected chi connectivity index (χ4v) is 1.65. The van der Waals surface area contributed by atoms with Gasteiger partial charge in [0.05, 0.1) is 6.04 Å². The summed E-state index contributed by atoms with van der Waals surface area (Å²) in [5.74, 6) is -1.07. The van der Waals surface area contributed by atoms with Crippen molar-refractivity contribution in [1.82, 2.24) is 15.6 Å². The summed E-state index contributed by atoms with van der Waals surface area (Å²) in [5.41, 5.74) is 0. The lowest BCUT2D eigenvalue weighted by atomic mass is 10.3. The standard InChI is InChI=1S/C9H13N3O3S/c1-5(7-10-3-4-16-7)11-9(15)12-6(2)8(13)14/h3-6H,1-2H3,(H,13,14)(H2,11,12,15)/t5?,6-/m1/s1. The second kappa shape index (κ2) is 5.45. The average Bonchev–Trinajstić information content (AvgIpc) is 2.69. The van der Waals surface area contributed by atoms with Gasteiger partial charge in [0.1, 0.15) is 11.0 Å². The Morgan fingerprint density at radius 1 is 1.44 bits per heavy atom. The van der Waals surface area contributed by atoms with Crippen molar-refractivity contribution >= 4 is 23.3 Å². The number of hydrogen-bond acceptors (Lipinski definition) is 4. The minimum absolute atomic E-state index is 0.235. The molecule has 0 saturated carbocycles. The number of carboxylic acids is 1. The highest BCUT2D eigenvalue weighted by atomic mass is 32.1. The van der Waals surface area contributed by atoms with Gasteiger partial charge in [-0.05, 0) is 13.8 Å². The number of amides is 2. The van der Waals surface area contributed by atoms with E-state index in [0.717, 1.165) is 5.01 Å². The summed E-state index contributed by atoms with van der Waals surface area (Å²) in [6.45, 7) is 3.18. The molecule has 1 aromatic rings. The lowest BCUT2D eigenvalue weighted by Gasteiger charge is -2.14. The van der Waals surface area contributed by atoms with Crippen LogP contribution in [0.3, 0.4) is 0 Å². The molecule has 0 fully saturated rings. The first-order valence-electron chi connectivity index (χ1n) is 4.70. The second-order valence-electron chi connectivity index (χ2n) is 3.27. The first-order valence-corrected chi connectivity index (χ1v) is 5.58. The fraction of sp³-hybridized carbons (Fsp3) is 0.444. The molecule has 16 heavy (non-hydrogen) atoms. The Labute approximate surface area is 96.7 Å². The maximum atomic E-state index is 11.4. The molecule has 2 atom stereocenters. The summed E-state index contributed by atoms with van der Waals surface area (Å²) >= 11 is 1.43. The molecule has 6 nitrogen and oxygen atoms in total. The Morgan fingerprint density at radius 3 is 2.62 bits per heavy atom. The summed E-state index contributed by atoms with van der Waals surface area (Å²) in [6, 6.07) is -1.66. The van der Waals surface area contributed by atoms with Crippen molar-refractivity contribution < 1.29 is 14.7 Å². The van der Waals surface area contributed by atoms with Crippen molar-refractivity contribution in [3.63, 3.8) is 0 Å². The molecule has 0 aromatic carbocycles. The van der Waals surface area contributed by atoms with Gasteiger partial charge in [-0.3, -0.25) is 4.79 Å². The minimum atomic E-state index is -1.07. The van der Waals surface area contributed by atoms with Gasteiger partial charge in [-0.2, -0.15) is 0 Å². The van der Waals surface area contributed by atoms with Gasteiger partial charge in [0, 0.05) is 11.6 Å². The van der Waals surface area contributed by atoms with E-state index < -0.39 is 18.0 Å². The van der Waals surface area contributed by atoms with Gasteiger partial charge in [0.2, 0.25) is 0 Å². The topological polar surface area (TPSA) is 91.3 Å². The highest BCUT2D eigenvalue weighted by molar-refractivity contribution is 7.09. The molecule has 0 bridgehead atoms. The molecule has 88 valence electrons. The Hall–Kier alpha value is -1.63.